The Morgan fingerprint density at radius 1 is 1.14 bits per heavy atom. The first-order valence-corrected chi connectivity index (χ1v) is 10.7. The van der Waals surface area contributed by atoms with Crippen LogP contribution in [0.5, 0.6) is 0 Å². The summed E-state index contributed by atoms with van der Waals surface area (Å²) in [5.74, 6) is 0.569. The molecule has 0 aliphatic rings. The van der Waals surface area contributed by atoms with Gasteiger partial charge in [0.25, 0.3) is 5.56 Å². The van der Waals surface area contributed by atoms with Crippen LogP contribution in [0.2, 0.25) is 0 Å². The Balaban J connectivity index is 1.44. The van der Waals surface area contributed by atoms with Crippen LogP contribution < -0.4 is 10.9 Å². The molecule has 4 rings (SSSR count). The van der Waals surface area contributed by atoms with Gasteiger partial charge in [-0.3, -0.25) is 9.20 Å². The Kier molecular flexibility index (Phi) is 5.40. The van der Waals surface area contributed by atoms with Gasteiger partial charge in [0.15, 0.2) is 4.34 Å². The molecular weight excluding hydrogens is 390 g/mol. The Bertz CT molecular complexity index is 1170. The molecule has 6 nitrogen and oxygen atoms in total. The number of thioether (sulfide) groups is 1. The van der Waals surface area contributed by atoms with Crippen LogP contribution >= 0.6 is 23.1 Å². The van der Waals surface area contributed by atoms with Crippen molar-refractivity contribution >= 4 is 39.6 Å². The third-order valence-electron chi connectivity index (χ3n) is 4.30. The number of nitrogens with one attached hydrogen (secondary N) is 1. The molecule has 0 saturated carbocycles. The molecule has 1 N–H and O–H groups in total. The Morgan fingerprint density at radius 3 is 2.75 bits per heavy atom. The zero-order valence-electron chi connectivity index (χ0n) is 15.5. The van der Waals surface area contributed by atoms with Gasteiger partial charge < -0.3 is 5.32 Å². The van der Waals surface area contributed by atoms with Gasteiger partial charge in [0.2, 0.25) is 5.13 Å². The van der Waals surface area contributed by atoms with E-state index in [1.165, 1.54) is 28.7 Å². The van der Waals surface area contributed by atoms with E-state index in [1.54, 1.807) is 10.5 Å². The Hall–Kier alpha value is -2.71. The number of nitrogens with zero attached hydrogens (tertiary/aromatic N) is 4. The zero-order chi connectivity index (χ0) is 19.5. The Labute approximate surface area is 170 Å². The molecule has 1 aromatic carbocycles. The fourth-order valence-corrected chi connectivity index (χ4v) is 4.50. The van der Waals surface area contributed by atoms with Gasteiger partial charge in [0.1, 0.15) is 5.65 Å². The topological polar surface area (TPSA) is 72.2 Å². The van der Waals surface area contributed by atoms with Crippen LogP contribution in [0, 0.1) is 6.92 Å². The molecule has 28 heavy (non-hydrogen) atoms. The summed E-state index contributed by atoms with van der Waals surface area (Å²) in [6.45, 7) is 4.03. The van der Waals surface area contributed by atoms with E-state index >= 15 is 0 Å². The van der Waals surface area contributed by atoms with E-state index in [9.17, 15) is 4.79 Å². The molecule has 0 bridgehead atoms. The average Bonchev–Trinajstić information content (AvgIpc) is 3.14. The van der Waals surface area contributed by atoms with E-state index < -0.39 is 0 Å². The van der Waals surface area contributed by atoms with Gasteiger partial charge >= 0.3 is 0 Å². The Morgan fingerprint density at radius 2 is 1.96 bits per heavy atom. The first-order chi connectivity index (χ1) is 13.6. The van der Waals surface area contributed by atoms with Crippen LogP contribution in [0.15, 0.2) is 57.7 Å². The standard InChI is InChI=1S/C20H19N5OS2/c1-3-14-7-9-15(10-8-14)22-19-23-24-20(28-19)27-12-16-11-18(26)25-13(2)5-4-6-17(25)21-16/h4-11H,3,12H2,1-2H3,(H,22,23). The third-order valence-corrected chi connectivity index (χ3v) is 6.30. The third kappa shape index (κ3) is 4.07. The van der Waals surface area contributed by atoms with Crippen molar-refractivity contribution in [3.63, 3.8) is 0 Å². The number of fused-ring (bicyclic) bond motifs is 1. The van der Waals surface area contributed by atoms with Gasteiger partial charge in [-0.1, -0.05) is 48.2 Å². The van der Waals surface area contributed by atoms with Crippen molar-refractivity contribution < 1.29 is 0 Å². The number of anilines is 2. The molecule has 0 fully saturated rings. The molecule has 0 radical (unpaired) electrons. The SMILES string of the molecule is CCc1ccc(Nc2nnc(SCc3cc(=O)n4c(C)cccc4n3)s2)cc1. The van der Waals surface area contributed by atoms with Crippen LogP contribution in [0.1, 0.15) is 23.9 Å². The highest BCUT2D eigenvalue weighted by Gasteiger charge is 2.09. The van der Waals surface area contributed by atoms with E-state index in [4.69, 9.17) is 0 Å². The first-order valence-electron chi connectivity index (χ1n) is 8.93. The van der Waals surface area contributed by atoms with E-state index in [1.807, 2.05) is 37.3 Å². The number of hydrogen-bond donors (Lipinski definition) is 1. The van der Waals surface area contributed by atoms with Crippen molar-refractivity contribution in [2.75, 3.05) is 5.32 Å². The molecule has 4 aromatic rings. The van der Waals surface area contributed by atoms with Crippen molar-refractivity contribution in [2.45, 2.75) is 30.4 Å². The summed E-state index contributed by atoms with van der Waals surface area (Å²) in [4.78, 5) is 16.9. The average molecular weight is 410 g/mol. The number of benzene rings is 1. The molecule has 0 spiro atoms. The lowest BCUT2D eigenvalue weighted by Crippen LogP contribution is -2.17. The summed E-state index contributed by atoms with van der Waals surface area (Å²) >= 11 is 3.01. The van der Waals surface area contributed by atoms with Gasteiger partial charge in [-0.15, -0.1) is 10.2 Å². The predicted molar refractivity (Wildman–Crippen MR) is 115 cm³/mol. The monoisotopic (exact) mass is 409 g/mol. The molecule has 142 valence electrons. The second-order valence-electron chi connectivity index (χ2n) is 6.28. The maximum absolute atomic E-state index is 12.4. The highest BCUT2D eigenvalue weighted by Crippen LogP contribution is 2.29. The second-order valence-corrected chi connectivity index (χ2v) is 8.48. The quantitative estimate of drug-likeness (QED) is 0.474. The zero-order valence-corrected chi connectivity index (χ0v) is 17.2. The summed E-state index contributed by atoms with van der Waals surface area (Å²) in [5.41, 5.74) is 4.51. The first kappa shape index (κ1) is 18.6. The van der Waals surface area contributed by atoms with Crippen LogP contribution in [0.25, 0.3) is 5.65 Å². The molecule has 3 heterocycles. The lowest BCUT2D eigenvalue weighted by Gasteiger charge is -2.05. The van der Waals surface area contributed by atoms with E-state index in [0.717, 1.165) is 33.0 Å². The van der Waals surface area contributed by atoms with Gasteiger partial charge in [-0.25, -0.2) is 4.98 Å². The lowest BCUT2D eigenvalue weighted by molar-refractivity contribution is 0.967. The highest BCUT2D eigenvalue weighted by molar-refractivity contribution is 8.00. The normalized spacial score (nSPS) is 11.1. The molecule has 0 atom stereocenters. The van der Waals surface area contributed by atoms with E-state index in [0.29, 0.717) is 11.4 Å². The van der Waals surface area contributed by atoms with Gasteiger partial charge in [0, 0.05) is 23.2 Å². The molecule has 0 saturated heterocycles. The van der Waals surface area contributed by atoms with Crippen LogP contribution in [0.4, 0.5) is 10.8 Å². The van der Waals surface area contributed by atoms with Crippen molar-refractivity contribution in [3.05, 3.63) is 75.8 Å². The summed E-state index contributed by atoms with van der Waals surface area (Å²) in [5, 5.41) is 12.4. The predicted octanol–water partition coefficient (Wildman–Crippen LogP) is 4.45. The second kappa shape index (κ2) is 8.12. The van der Waals surface area contributed by atoms with Gasteiger partial charge in [-0.2, -0.15) is 0 Å². The van der Waals surface area contributed by atoms with Crippen LogP contribution in [-0.2, 0) is 12.2 Å². The summed E-state index contributed by atoms with van der Waals surface area (Å²) in [6.07, 6.45) is 1.02. The molecule has 0 amide bonds. The maximum Gasteiger partial charge on any atom is 0.258 e. The summed E-state index contributed by atoms with van der Waals surface area (Å²) in [7, 11) is 0. The summed E-state index contributed by atoms with van der Waals surface area (Å²) in [6, 6.07) is 15.5. The van der Waals surface area contributed by atoms with Crippen LogP contribution in [0.3, 0.4) is 0 Å². The van der Waals surface area contributed by atoms with E-state index in [-0.39, 0.29) is 5.56 Å². The molecular formula is C20H19N5OS2. The largest absolute Gasteiger partial charge is 0.330 e. The van der Waals surface area contributed by atoms with E-state index in [2.05, 4.69) is 39.6 Å². The van der Waals surface area contributed by atoms with Crippen molar-refractivity contribution in [2.24, 2.45) is 0 Å². The number of hydrogen-bond acceptors (Lipinski definition) is 7. The number of aromatic nitrogens is 4. The highest BCUT2D eigenvalue weighted by atomic mass is 32.2. The van der Waals surface area contributed by atoms with Gasteiger partial charge in [-0.05, 0) is 43.2 Å². The fraction of sp³-hybridized carbons (Fsp3) is 0.200. The fourth-order valence-electron chi connectivity index (χ4n) is 2.84. The minimum atomic E-state index is -0.0613. The van der Waals surface area contributed by atoms with Crippen molar-refractivity contribution in [1.82, 2.24) is 19.6 Å². The minimum absolute atomic E-state index is 0.0613. The van der Waals surface area contributed by atoms with Gasteiger partial charge in [0.05, 0.1) is 5.69 Å². The lowest BCUT2D eigenvalue weighted by atomic mass is 10.1. The van der Waals surface area contributed by atoms with Crippen molar-refractivity contribution in [3.8, 4) is 0 Å². The molecule has 8 heteroatoms. The van der Waals surface area contributed by atoms with Crippen molar-refractivity contribution in [1.29, 1.82) is 0 Å². The maximum atomic E-state index is 12.4. The summed E-state index contributed by atoms with van der Waals surface area (Å²) < 4.78 is 2.45. The molecule has 0 aliphatic carbocycles. The molecule has 3 aromatic heterocycles. The van der Waals surface area contributed by atoms with Crippen LogP contribution in [-0.4, -0.2) is 19.6 Å². The number of aryl methyl sites for hydroxylation is 2. The molecule has 0 unspecified atom stereocenters. The molecule has 0 aliphatic heterocycles. The number of rotatable bonds is 6. The smallest absolute Gasteiger partial charge is 0.258 e. The minimum Gasteiger partial charge on any atom is -0.330 e. The number of pyridine rings is 1.